The average Bonchev–Trinajstić information content (AvgIpc) is 3.23. The Morgan fingerprint density at radius 3 is 2.63 bits per heavy atom. The van der Waals surface area contributed by atoms with Crippen molar-refractivity contribution in [1.82, 2.24) is 29.8 Å². The number of amides is 1. The van der Waals surface area contributed by atoms with Gasteiger partial charge in [-0.1, -0.05) is 20.8 Å². The molecule has 0 aliphatic carbocycles. The van der Waals surface area contributed by atoms with Crippen molar-refractivity contribution in [1.29, 1.82) is 0 Å². The van der Waals surface area contributed by atoms with E-state index >= 15 is 0 Å². The van der Waals surface area contributed by atoms with E-state index in [4.69, 9.17) is 0 Å². The number of rotatable bonds is 4. The molecule has 2 aliphatic rings. The lowest BCUT2D eigenvalue weighted by Gasteiger charge is -2.34. The highest BCUT2D eigenvalue weighted by Gasteiger charge is 2.26. The van der Waals surface area contributed by atoms with Crippen LogP contribution in [0.2, 0.25) is 0 Å². The third kappa shape index (κ3) is 4.62. The third-order valence-corrected chi connectivity index (χ3v) is 6.81. The van der Waals surface area contributed by atoms with Gasteiger partial charge in [0.1, 0.15) is 5.69 Å². The van der Waals surface area contributed by atoms with Gasteiger partial charge in [-0.15, -0.1) is 0 Å². The highest BCUT2D eigenvalue weighted by molar-refractivity contribution is 7.98. The van der Waals surface area contributed by atoms with E-state index in [1.165, 1.54) is 0 Å². The van der Waals surface area contributed by atoms with Gasteiger partial charge in [0.05, 0.1) is 12.2 Å². The van der Waals surface area contributed by atoms with Gasteiger partial charge in [-0.3, -0.25) is 19.6 Å². The smallest absolute Gasteiger partial charge is 0.274 e. The molecule has 0 radical (unpaired) electrons. The fourth-order valence-electron chi connectivity index (χ4n) is 3.80. The van der Waals surface area contributed by atoms with E-state index in [0.717, 1.165) is 54.5 Å². The topological polar surface area (TPSA) is 87.1 Å². The second kappa shape index (κ2) is 8.55. The van der Waals surface area contributed by atoms with Crippen LogP contribution in [0.4, 0.5) is 0 Å². The van der Waals surface area contributed by atoms with Gasteiger partial charge in [-0.2, -0.15) is 22.0 Å². The fourth-order valence-corrected chi connectivity index (χ4v) is 4.75. The summed E-state index contributed by atoms with van der Waals surface area (Å²) in [5.74, 6) is 1.94. The lowest BCUT2D eigenvalue weighted by Crippen LogP contribution is -2.49. The number of aromatic amines is 1. The van der Waals surface area contributed by atoms with Crippen molar-refractivity contribution >= 4 is 17.7 Å². The molecule has 9 heteroatoms. The first-order valence-corrected chi connectivity index (χ1v) is 11.7. The first-order chi connectivity index (χ1) is 14.3. The summed E-state index contributed by atoms with van der Waals surface area (Å²) in [4.78, 5) is 29.3. The van der Waals surface area contributed by atoms with Crippen LogP contribution in [0.15, 0.2) is 16.9 Å². The molecule has 0 unspecified atom stereocenters. The third-order valence-electron chi connectivity index (χ3n) is 5.80. The molecular weight excluding hydrogens is 400 g/mol. The van der Waals surface area contributed by atoms with Gasteiger partial charge in [0, 0.05) is 62.1 Å². The zero-order valence-electron chi connectivity index (χ0n) is 18.0. The Labute approximate surface area is 181 Å². The Bertz CT molecular complexity index is 969. The minimum atomic E-state index is -0.0636. The molecule has 1 fully saturated rings. The van der Waals surface area contributed by atoms with Crippen LogP contribution in [0.3, 0.4) is 0 Å². The molecule has 1 amide bonds. The van der Waals surface area contributed by atoms with E-state index in [0.29, 0.717) is 25.3 Å². The number of nitrogens with zero attached hydrogens (tertiary/aromatic N) is 5. The molecule has 4 rings (SSSR count). The monoisotopic (exact) mass is 430 g/mol. The molecule has 8 nitrogen and oxygen atoms in total. The van der Waals surface area contributed by atoms with Crippen LogP contribution in [-0.2, 0) is 24.1 Å². The normalized spacial score (nSPS) is 17.8. The molecule has 1 N–H and O–H groups in total. The minimum absolute atomic E-state index is 0.0155. The van der Waals surface area contributed by atoms with Gasteiger partial charge < -0.3 is 4.90 Å². The Morgan fingerprint density at radius 2 is 1.93 bits per heavy atom. The van der Waals surface area contributed by atoms with Gasteiger partial charge >= 0.3 is 0 Å². The molecule has 30 heavy (non-hydrogen) atoms. The van der Waals surface area contributed by atoms with Crippen LogP contribution in [-0.4, -0.2) is 74.2 Å². The Hall–Kier alpha value is -2.13. The summed E-state index contributed by atoms with van der Waals surface area (Å²) in [5.41, 5.74) is 3.52. The summed E-state index contributed by atoms with van der Waals surface area (Å²) in [7, 11) is 0. The summed E-state index contributed by atoms with van der Waals surface area (Å²) >= 11 is 1.86. The second-order valence-electron chi connectivity index (χ2n) is 9.03. The van der Waals surface area contributed by atoms with Gasteiger partial charge in [0.2, 0.25) is 0 Å². The van der Waals surface area contributed by atoms with Crippen molar-refractivity contribution in [3.63, 3.8) is 0 Å². The average molecular weight is 431 g/mol. The standard InChI is InChI=1S/C21H30N6O2S/c1-21(2,3)18-13-17(22-23-18)20(29)26-8-5-25(6-9-26)7-10-27-19(28)12-15-14-30-11-4-16(15)24-27/h12-13H,4-11,14H2,1-3H3,(H,22,23). The number of aromatic nitrogens is 4. The molecule has 0 aromatic carbocycles. The maximum atomic E-state index is 12.8. The van der Waals surface area contributed by atoms with E-state index < -0.39 is 0 Å². The van der Waals surface area contributed by atoms with Crippen LogP contribution >= 0.6 is 11.8 Å². The SMILES string of the molecule is CC(C)(C)c1cc(C(=O)N2CCN(CCn3nc4c(cc3=O)CSCC4)CC2)n[nH]1. The summed E-state index contributed by atoms with van der Waals surface area (Å²) in [6, 6.07) is 3.61. The number of nitrogens with one attached hydrogen (secondary N) is 1. The molecule has 2 aliphatic heterocycles. The molecular formula is C21H30N6O2S. The zero-order chi connectivity index (χ0) is 21.3. The van der Waals surface area contributed by atoms with E-state index in [9.17, 15) is 9.59 Å². The Kier molecular flexibility index (Phi) is 6.02. The number of carbonyl (C=O) groups excluding carboxylic acids is 1. The van der Waals surface area contributed by atoms with Gasteiger partial charge in [0.15, 0.2) is 0 Å². The first-order valence-electron chi connectivity index (χ1n) is 10.6. The van der Waals surface area contributed by atoms with Crippen molar-refractivity contribution in [2.75, 3.05) is 38.5 Å². The molecule has 2 aromatic heterocycles. The molecule has 4 heterocycles. The van der Waals surface area contributed by atoms with E-state index in [2.05, 4.69) is 41.0 Å². The number of piperazine rings is 1. The van der Waals surface area contributed by atoms with Crippen molar-refractivity contribution < 1.29 is 4.79 Å². The molecule has 0 saturated carbocycles. The number of hydrogen-bond acceptors (Lipinski definition) is 6. The number of aryl methyl sites for hydroxylation is 1. The van der Waals surface area contributed by atoms with Crippen LogP contribution in [0.25, 0.3) is 0 Å². The van der Waals surface area contributed by atoms with Gasteiger partial charge in [-0.05, 0) is 17.4 Å². The summed E-state index contributed by atoms with van der Waals surface area (Å²) in [6.07, 6.45) is 0.936. The molecule has 0 atom stereocenters. The summed E-state index contributed by atoms with van der Waals surface area (Å²) < 4.78 is 1.60. The van der Waals surface area contributed by atoms with Crippen molar-refractivity contribution in [3.8, 4) is 0 Å². The lowest BCUT2D eigenvalue weighted by molar-refractivity contribution is 0.0625. The van der Waals surface area contributed by atoms with Gasteiger partial charge in [0.25, 0.3) is 11.5 Å². The second-order valence-corrected chi connectivity index (χ2v) is 10.1. The molecule has 0 spiro atoms. The number of fused-ring (bicyclic) bond motifs is 1. The lowest BCUT2D eigenvalue weighted by atomic mass is 9.92. The molecule has 0 bridgehead atoms. The zero-order valence-corrected chi connectivity index (χ0v) is 18.8. The van der Waals surface area contributed by atoms with Crippen molar-refractivity contribution in [2.45, 2.75) is 44.9 Å². The summed E-state index contributed by atoms with van der Waals surface area (Å²) in [6.45, 7) is 10.5. The molecule has 162 valence electrons. The fraction of sp³-hybridized carbons (Fsp3) is 0.619. The Balaban J connectivity index is 1.30. The highest BCUT2D eigenvalue weighted by atomic mass is 32.2. The van der Waals surface area contributed by atoms with Crippen molar-refractivity contribution in [3.05, 3.63) is 45.1 Å². The van der Waals surface area contributed by atoms with Crippen molar-refractivity contribution in [2.24, 2.45) is 0 Å². The number of thioether (sulfide) groups is 1. The van der Waals surface area contributed by atoms with Gasteiger partial charge in [-0.25, -0.2) is 4.68 Å². The van der Waals surface area contributed by atoms with E-state index in [-0.39, 0.29) is 16.9 Å². The van der Waals surface area contributed by atoms with E-state index in [1.807, 2.05) is 22.7 Å². The quantitative estimate of drug-likeness (QED) is 0.791. The predicted octanol–water partition coefficient (Wildman–Crippen LogP) is 1.51. The number of carbonyl (C=O) groups is 1. The van der Waals surface area contributed by atoms with E-state index in [1.54, 1.807) is 10.7 Å². The van der Waals surface area contributed by atoms with Crippen LogP contribution in [0.5, 0.6) is 0 Å². The maximum Gasteiger partial charge on any atom is 0.274 e. The molecule has 2 aromatic rings. The molecule has 1 saturated heterocycles. The Morgan fingerprint density at radius 1 is 1.17 bits per heavy atom. The first kappa shape index (κ1) is 21.1. The minimum Gasteiger partial charge on any atom is -0.335 e. The van der Waals surface area contributed by atoms with Crippen LogP contribution in [0.1, 0.15) is 48.2 Å². The number of H-pyrrole nitrogens is 1. The largest absolute Gasteiger partial charge is 0.335 e. The maximum absolute atomic E-state index is 12.8. The van der Waals surface area contributed by atoms with Crippen LogP contribution < -0.4 is 5.56 Å². The number of hydrogen-bond donors (Lipinski definition) is 1. The predicted molar refractivity (Wildman–Crippen MR) is 118 cm³/mol. The van der Waals surface area contributed by atoms with Crippen LogP contribution in [0, 0.1) is 0 Å². The highest BCUT2D eigenvalue weighted by Crippen LogP contribution is 2.22. The summed E-state index contributed by atoms with van der Waals surface area (Å²) in [5, 5.41) is 11.8.